The highest BCUT2D eigenvalue weighted by Gasteiger charge is 2.05. The monoisotopic (exact) mass is 314 g/mol. The number of rotatable bonds is 5. The van der Waals surface area contributed by atoms with Crippen molar-refractivity contribution >= 4 is 11.6 Å². The molecule has 0 aliphatic rings. The van der Waals surface area contributed by atoms with Gasteiger partial charge in [0.15, 0.2) is 6.61 Å². The van der Waals surface area contributed by atoms with Gasteiger partial charge in [-0.2, -0.15) is 5.10 Å². The summed E-state index contributed by atoms with van der Waals surface area (Å²) in [7, 11) is 0. The lowest BCUT2D eigenvalue weighted by Gasteiger charge is -2.09. The van der Waals surface area contributed by atoms with Crippen LogP contribution in [0.5, 0.6) is 5.75 Å². The van der Waals surface area contributed by atoms with Gasteiger partial charge in [-0.3, -0.25) is 4.79 Å². The van der Waals surface area contributed by atoms with E-state index in [9.17, 15) is 9.18 Å². The molecule has 0 heterocycles. The molecule has 4 nitrogen and oxygen atoms in total. The molecule has 0 unspecified atom stereocenters. The van der Waals surface area contributed by atoms with E-state index in [1.165, 1.54) is 12.1 Å². The Morgan fingerprint density at radius 2 is 1.87 bits per heavy atom. The van der Waals surface area contributed by atoms with Crippen LogP contribution in [0.25, 0.3) is 0 Å². The van der Waals surface area contributed by atoms with Crippen LogP contribution < -0.4 is 10.2 Å². The molecule has 0 aromatic heterocycles. The molecule has 5 heteroatoms. The molecule has 1 N–H and O–H groups in total. The van der Waals surface area contributed by atoms with Crippen LogP contribution in [0.15, 0.2) is 47.6 Å². The Labute approximate surface area is 135 Å². The number of carbonyl (C=O) groups is 1. The van der Waals surface area contributed by atoms with Crippen LogP contribution in [-0.4, -0.2) is 18.2 Å². The maximum atomic E-state index is 12.9. The average molecular weight is 314 g/mol. The summed E-state index contributed by atoms with van der Waals surface area (Å²) in [5, 5.41) is 3.99. The van der Waals surface area contributed by atoms with Crippen molar-refractivity contribution in [2.24, 2.45) is 5.10 Å². The van der Waals surface area contributed by atoms with Crippen LogP contribution in [0.1, 0.15) is 23.6 Å². The van der Waals surface area contributed by atoms with E-state index >= 15 is 0 Å². The van der Waals surface area contributed by atoms with E-state index in [0.29, 0.717) is 11.5 Å². The maximum Gasteiger partial charge on any atom is 0.277 e. The third-order valence-corrected chi connectivity index (χ3v) is 3.31. The Balaban J connectivity index is 1.90. The number of amides is 1. The van der Waals surface area contributed by atoms with Gasteiger partial charge in [-0.1, -0.05) is 24.3 Å². The first-order chi connectivity index (χ1) is 11.0. The first-order valence-corrected chi connectivity index (χ1v) is 7.25. The van der Waals surface area contributed by atoms with Gasteiger partial charge >= 0.3 is 0 Å². The van der Waals surface area contributed by atoms with E-state index in [1.54, 1.807) is 19.1 Å². The van der Waals surface area contributed by atoms with Crippen LogP contribution in [-0.2, 0) is 4.79 Å². The summed E-state index contributed by atoms with van der Waals surface area (Å²) in [6.07, 6.45) is 0. The summed E-state index contributed by atoms with van der Waals surface area (Å²) in [5.41, 5.74) is 5.79. The molecule has 0 radical (unpaired) electrons. The lowest BCUT2D eigenvalue weighted by atomic mass is 10.1. The highest BCUT2D eigenvalue weighted by atomic mass is 19.1. The fraction of sp³-hybridized carbons (Fsp3) is 0.222. The van der Waals surface area contributed by atoms with E-state index in [-0.39, 0.29) is 18.3 Å². The van der Waals surface area contributed by atoms with Crippen molar-refractivity contribution in [3.05, 3.63) is 65.0 Å². The second-order valence-electron chi connectivity index (χ2n) is 5.30. The molecule has 0 bridgehead atoms. The van der Waals surface area contributed by atoms with E-state index in [2.05, 4.69) is 10.5 Å². The van der Waals surface area contributed by atoms with Crippen LogP contribution in [0, 0.1) is 19.7 Å². The molecular formula is C18H19FN2O2. The van der Waals surface area contributed by atoms with Gasteiger partial charge in [-0.05, 0) is 55.7 Å². The van der Waals surface area contributed by atoms with Gasteiger partial charge in [0.25, 0.3) is 5.91 Å². The van der Waals surface area contributed by atoms with Crippen LogP contribution in [0.2, 0.25) is 0 Å². The molecule has 0 fully saturated rings. The summed E-state index contributed by atoms with van der Waals surface area (Å²) in [6.45, 7) is 5.50. The molecule has 120 valence electrons. The van der Waals surface area contributed by atoms with Crippen molar-refractivity contribution in [2.45, 2.75) is 20.8 Å². The number of nitrogens with zero attached hydrogens (tertiary/aromatic N) is 1. The third-order valence-electron chi connectivity index (χ3n) is 3.31. The van der Waals surface area contributed by atoms with Gasteiger partial charge in [0, 0.05) is 0 Å². The summed E-state index contributed by atoms with van der Waals surface area (Å²) in [6, 6.07) is 11.7. The lowest BCUT2D eigenvalue weighted by molar-refractivity contribution is -0.123. The predicted octanol–water partition coefficient (Wildman–Crippen LogP) is 3.36. The van der Waals surface area contributed by atoms with E-state index in [4.69, 9.17) is 4.74 Å². The molecule has 0 saturated heterocycles. The van der Waals surface area contributed by atoms with Crippen molar-refractivity contribution in [1.29, 1.82) is 0 Å². The largest absolute Gasteiger partial charge is 0.483 e. The van der Waals surface area contributed by atoms with Crippen molar-refractivity contribution in [2.75, 3.05) is 6.61 Å². The quantitative estimate of drug-likeness (QED) is 0.679. The molecule has 1 amide bonds. The van der Waals surface area contributed by atoms with E-state index in [1.807, 2.05) is 32.0 Å². The second-order valence-corrected chi connectivity index (χ2v) is 5.30. The minimum atomic E-state index is -0.354. The molecule has 0 atom stereocenters. The minimum absolute atomic E-state index is 0.121. The van der Waals surface area contributed by atoms with Gasteiger partial charge in [0.1, 0.15) is 11.6 Å². The topological polar surface area (TPSA) is 50.7 Å². The van der Waals surface area contributed by atoms with E-state index < -0.39 is 0 Å². The second kappa shape index (κ2) is 7.54. The number of aryl methyl sites for hydroxylation is 2. The molecule has 23 heavy (non-hydrogen) atoms. The number of nitrogens with one attached hydrogen (secondary N) is 1. The molecule has 0 spiro atoms. The van der Waals surface area contributed by atoms with Crippen molar-refractivity contribution in [3.8, 4) is 5.75 Å². The molecule has 0 aliphatic heterocycles. The summed E-state index contributed by atoms with van der Waals surface area (Å²) < 4.78 is 18.4. The van der Waals surface area contributed by atoms with Crippen molar-refractivity contribution in [3.63, 3.8) is 0 Å². The summed E-state index contributed by atoms with van der Waals surface area (Å²) in [4.78, 5) is 11.8. The molecule has 0 aliphatic carbocycles. The zero-order chi connectivity index (χ0) is 16.8. The fourth-order valence-electron chi connectivity index (χ4n) is 1.94. The first-order valence-electron chi connectivity index (χ1n) is 7.25. The zero-order valence-electron chi connectivity index (χ0n) is 13.4. The molecule has 2 aromatic carbocycles. The standard InChI is InChI=1S/C18H19FN2O2/c1-12-4-5-13(2)17(10-12)23-11-18(22)21-20-14(3)15-6-8-16(19)9-7-15/h4-10H,11H2,1-3H3,(H,21,22). The number of carbonyl (C=O) groups excluding carboxylic acids is 1. The predicted molar refractivity (Wildman–Crippen MR) is 88.2 cm³/mol. The van der Waals surface area contributed by atoms with Crippen molar-refractivity contribution in [1.82, 2.24) is 5.43 Å². The highest BCUT2D eigenvalue weighted by Crippen LogP contribution is 2.18. The van der Waals surface area contributed by atoms with Crippen LogP contribution >= 0.6 is 0 Å². The van der Waals surface area contributed by atoms with Crippen LogP contribution in [0.3, 0.4) is 0 Å². The van der Waals surface area contributed by atoms with E-state index in [0.717, 1.165) is 16.7 Å². The van der Waals surface area contributed by atoms with Gasteiger partial charge in [-0.15, -0.1) is 0 Å². The SMILES string of the molecule is CC(=NNC(=O)COc1cc(C)ccc1C)c1ccc(F)cc1. The number of halogens is 1. The normalized spacial score (nSPS) is 11.2. The molecule has 2 rings (SSSR count). The minimum Gasteiger partial charge on any atom is -0.483 e. The van der Waals surface area contributed by atoms with Gasteiger partial charge < -0.3 is 4.74 Å². The molecule has 2 aromatic rings. The fourth-order valence-corrected chi connectivity index (χ4v) is 1.94. The Bertz CT molecular complexity index is 724. The van der Waals surface area contributed by atoms with Gasteiger partial charge in [0.2, 0.25) is 0 Å². The maximum absolute atomic E-state index is 12.9. The third kappa shape index (κ3) is 4.92. The molecular weight excluding hydrogens is 295 g/mol. The first kappa shape index (κ1) is 16.7. The Hall–Kier alpha value is -2.69. The van der Waals surface area contributed by atoms with Crippen LogP contribution in [0.4, 0.5) is 4.39 Å². The number of ether oxygens (including phenoxy) is 1. The number of hydrogen-bond acceptors (Lipinski definition) is 3. The number of hydrogen-bond donors (Lipinski definition) is 1. The Kier molecular flexibility index (Phi) is 5.46. The average Bonchev–Trinajstić information content (AvgIpc) is 2.54. The smallest absolute Gasteiger partial charge is 0.277 e. The summed E-state index contributed by atoms with van der Waals surface area (Å²) >= 11 is 0. The number of benzene rings is 2. The molecule has 0 saturated carbocycles. The number of hydrazone groups is 1. The van der Waals surface area contributed by atoms with Gasteiger partial charge in [-0.25, -0.2) is 9.82 Å². The summed E-state index contributed by atoms with van der Waals surface area (Å²) in [5.74, 6) is 0.0132. The van der Waals surface area contributed by atoms with Gasteiger partial charge in [0.05, 0.1) is 5.71 Å². The Morgan fingerprint density at radius 1 is 1.17 bits per heavy atom. The van der Waals surface area contributed by atoms with Crippen molar-refractivity contribution < 1.29 is 13.9 Å². The Morgan fingerprint density at radius 3 is 2.57 bits per heavy atom. The highest BCUT2D eigenvalue weighted by molar-refractivity contribution is 5.99. The zero-order valence-corrected chi connectivity index (χ0v) is 13.4. The lowest BCUT2D eigenvalue weighted by Crippen LogP contribution is -2.25.